The molecule has 3 N–H and O–H groups in total. The van der Waals surface area contributed by atoms with Gasteiger partial charge in [0.05, 0.1) is 24.5 Å². The predicted molar refractivity (Wildman–Crippen MR) is 101 cm³/mol. The standard InChI is InChI=1S/C20H21N5O/c1-12-4-5-15(8-13(12)2)19-9-16(17(10-21)20(22)23-19)18-11-25(6-7-26)24-14(18)3/h4-5,8-9,11,26H,6-7H2,1-3H3,(H2,22,23). The Morgan fingerprint density at radius 1 is 1.15 bits per heavy atom. The second-order valence-electron chi connectivity index (χ2n) is 6.34. The highest BCUT2D eigenvalue weighted by Gasteiger charge is 2.17. The quantitative estimate of drug-likeness (QED) is 0.755. The number of aromatic nitrogens is 3. The number of aliphatic hydroxyl groups excluding tert-OH is 1. The molecule has 0 unspecified atom stereocenters. The van der Waals surface area contributed by atoms with E-state index < -0.39 is 0 Å². The number of nitrogen functional groups attached to an aromatic ring is 1. The van der Waals surface area contributed by atoms with Crippen molar-refractivity contribution in [2.75, 3.05) is 12.3 Å². The summed E-state index contributed by atoms with van der Waals surface area (Å²) in [5.74, 6) is 0.201. The fourth-order valence-corrected chi connectivity index (χ4v) is 2.94. The third-order valence-electron chi connectivity index (χ3n) is 4.53. The predicted octanol–water partition coefficient (Wildman–Crippen LogP) is 2.98. The molecule has 26 heavy (non-hydrogen) atoms. The van der Waals surface area contributed by atoms with Gasteiger partial charge in [0, 0.05) is 22.9 Å². The highest BCUT2D eigenvalue weighted by atomic mass is 16.3. The molecule has 0 spiro atoms. The third kappa shape index (κ3) is 3.17. The number of aliphatic hydroxyl groups is 1. The Balaban J connectivity index is 2.20. The van der Waals surface area contributed by atoms with Gasteiger partial charge in [0.15, 0.2) is 0 Å². The van der Waals surface area contributed by atoms with Crippen molar-refractivity contribution in [2.45, 2.75) is 27.3 Å². The summed E-state index contributed by atoms with van der Waals surface area (Å²) in [5.41, 5.74) is 12.8. The first kappa shape index (κ1) is 17.6. The fourth-order valence-electron chi connectivity index (χ4n) is 2.94. The number of nitriles is 1. The van der Waals surface area contributed by atoms with Crippen molar-refractivity contribution < 1.29 is 5.11 Å². The number of pyridine rings is 1. The first-order valence-electron chi connectivity index (χ1n) is 8.38. The molecule has 0 saturated carbocycles. The molecule has 0 aliphatic heterocycles. The average molecular weight is 347 g/mol. The normalized spacial score (nSPS) is 10.7. The van der Waals surface area contributed by atoms with Crippen molar-refractivity contribution in [3.05, 3.63) is 52.8 Å². The van der Waals surface area contributed by atoms with Crippen LogP contribution in [0.25, 0.3) is 22.4 Å². The van der Waals surface area contributed by atoms with Crippen LogP contribution in [0, 0.1) is 32.1 Å². The Morgan fingerprint density at radius 3 is 2.58 bits per heavy atom. The molecule has 1 aromatic carbocycles. The van der Waals surface area contributed by atoms with Crippen LogP contribution in [-0.2, 0) is 6.54 Å². The lowest BCUT2D eigenvalue weighted by Gasteiger charge is -2.10. The highest BCUT2D eigenvalue weighted by Crippen LogP contribution is 2.33. The molecule has 0 atom stereocenters. The topological polar surface area (TPSA) is 101 Å². The van der Waals surface area contributed by atoms with Gasteiger partial charge in [-0.3, -0.25) is 4.68 Å². The molecule has 0 radical (unpaired) electrons. The molecule has 0 bridgehead atoms. The number of anilines is 1. The number of rotatable bonds is 4. The number of hydrogen-bond donors (Lipinski definition) is 2. The Bertz CT molecular complexity index is 1010. The van der Waals surface area contributed by atoms with Gasteiger partial charge in [0.2, 0.25) is 0 Å². The molecule has 0 fully saturated rings. The van der Waals surface area contributed by atoms with Gasteiger partial charge >= 0.3 is 0 Å². The van der Waals surface area contributed by atoms with E-state index in [1.165, 1.54) is 11.1 Å². The Morgan fingerprint density at radius 2 is 1.92 bits per heavy atom. The smallest absolute Gasteiger partial charge is 0.142 e. The number of benzene rings is 1. The van der Waals surface area contributed by atoms with E-state index in [-0.39, 0.29) is 12.4 Å². The number of nitrogens with zero attached hydrogens (tertiary/aromatic N) is 4. The number of nitrogens with two attached hydrogens (primary N) is 1. The van der Waals surface area contributed by atoms with E-state index in [2.05, 4.69) is 36.1 Å². The van der Waals surface area contributed by atoms with Crippen LogP contribution >= 0.6 is 0 Å². The van der Waals surface area contributed by atoms with Gasteiger partial charge in [-0.05, 0) is 44.0 Å². The zero-order chi connectivity index (χ0) is 18.8. The van der Waals surface area contributed by atoms with Crippen molar-refractivity contribution >= 4 is 5.82 Å². The average Bonchev–Trinajstić information content (AvgIpc) is 2.97. The van der Waals surface area contributed by atoms with Crippen molar-refractivity contribution in [3.63, 3.8) is 0 Å². The minimum Gasteiger partial charge on any atom is -0.394 e. The van der Waals surface area contributed by atoms with Crippen molar-refractivity contribution in [1.29, 1.82) is 5.26 Å². The molecule has 3 aromatic rings. The van der Waals surface area contributed by atoms with Crippen LogP contribution in [-0.4, -0.2) is 26.5 Å². The molecule has 0 aliphatic carbocycles. The van der Waals surface area contributed by atoms with E-state index in [4.69, 9.17) is 10.8 Å². The van der Waals surface area contributed by atoms with Crippen molar-refractivity contribution in [1.82, 2.24) is 14.8 Å². The maximum atomic E-state index is 9.57. The summed E-state index contributed by atoms with van der Waals surface area (Å²) in [7, 11) is 0. The van der Waals surface area contributed by atoms with E-state index in [0.717, 1.165) is 16.8 Å². The van der Waals surface area contributed by atoms with E-state index in [1.807, 2.05) is 31.3 Å². The van der Waals surface area contributed by atoms with E-state index >= 15 is 0 Å². The van der Waals surface area contributed by atoms with Crippen LogP contribution in [0.15, 0.2) is 30.5 Å². The molecule has 3 rings (SSSR count). The largest absolute Gasteiger partial charge is 0.394 e. The van der Waals surface area contributed by atoms with Gasteiger partial charge in [-0.15, -0.1) is 0 Å². The van der Waals surface area contributed by atoms with E-state index in [1.54, 1.807) is 4.68 Å². The molecule has 132 valence electrons. The van der Waals surface area contributed by atoms with Crippen molar-refractivity contribution in [3.8, 4) is 28.5 Å². The van der Waals surface area contributed by atoms with Crippen LogP contribution in [0.1, 0.15) is 22.4 Å². The van der Waals surface area contributed by atoms with Gasteiger partial charge < -0.3 is 10.8 Å². The molecule has 6 nitrogen and oxygen atoms in total. The molecule has 0 amide bonds. The first-order valence-corrected chi connectivity index (χ1v) is 8.38. The SMILES string of the molecule is Cc1ccc(-c2cc(-c3cn(CCO)nc3C)c(C#N)c(N)n2)cc1C. The summed E-state index contributed by atoms with van der Waals surface area (Å²) in [4.78, 5) is 4.43. The van der Waals surface area contributed by atoms with Crippen LogP contribution in [0.5, 0.6) is 0 Å². The zero-order valence-corrected chi connectivity index (χ0v) is 15.1. The van der Waals surface area contributed by atoms with E-state index in [0.29, 0.717) is 23.4 Å². The Kier molecular flexibility index (Phi) is 4.74. The first-order chi connectivity index (χ1) is 12.4. The fraction of sp³-hybridized carbons (Fsp3) is 0.250. The summed E-state index contributed by atoms with van der Waals surface area (Å²) < 4.78 is 1.66. The molecule has 0 aliphatic rings. The van der Waals surface area contributed by atoms with Crippen molar-refractivity contribution in [2.24, 2.45) is 0 Å². The van der Waals surface area contributed by atoms with E-state index in [9.17, 15) is 5.26 Å². The lowest BCUT2D eigenvalue weighted by atomic mass is 9.97. The molecular formula is C20H21N5O. The lowest BCUT2D eigenvalue weighted by Crippen LogP contribution is -2.02. The molecule has 0 saturated heterocycles. The Hall–Kier alpha value is -3.17. The van der Waals surface area contributed by atoms with Gasteiger partial charge in [-0.1, -0.05) is 12.1 Å². The summed E-state index contributed by atoms with van der Waals surface area (Å²) in [6, 6.07) is 10.2. The number of hydrogen-bond acceptors (Lipinski definition) is 5. The Labute approximate surface area is 152 Å². The van der Waals surface area contributed by atoms with Gasteiger partial charge in [0.25, 0.3) is 0 Å². The lowest BCUT2D eigenvalue weighted by molar-refractivity contribution is 0.269. The third-order valence-corrected chi connectivity index (χ3v) is 4.53. The summed E-state index contributed by atoms with van der Waals surface area (Å²) in [6.45, 7) is 6.38. The van der Waals surface area contributed by atoms with Crippen LogP contribution in [0.2, 0.25) is 0 Å². The minimum atomic E-state index is -0.00194. The molecule has 2 aromatic heterocycles. The summed E-state index contributed by atoms with van der Waals surface area (Å²) in [6.07, 6.45) is 1.82. The van der Waals surface area contributed by atoms with Gasteiger partial charge in [0.1, 0.15) is 17.5 Å². The van der Waals surface area contributed by atoms with Crippen LogP contribution in [0.3, 0.4) is 0 Å². The highest BCUT2D eigenvalue weighted by molar-refractivity contribution is 5.81. The van der Waals surface area contributed by atoms with Crippen LogP contribution < -0.4 is 5.73 Å². The number of aryl methyl sites for hydroxylation is 3. The maximum Gasteiger partial charge on any atom is 0.142 e. The minimum absolute atomic E-state index is 0.00194. The zero-order valence-electron chi connectivity index (χ0n) is 15.1. The molecule has 2 heterocycles. The van der Waals surface area contributed by atoms with Gasteiger partial charge in [-0.2, -0.15) is 10.4 Å². The maximum absolute atomic E-state index is 9.57. The van der Waals surface area contributed by atoms with Crippen LogP contribution in [0.4, 0.5) is 5.82 Å². The summed E-state index contributed by atoms with van der Waals surface area (Å²) >= 11 is 0. The molecule has 6 heteroatoms. The second-order valence-corrected chi connectivity index (χ2v) is 6.34. The second kappa shape index (κ2) is 6.98. The summed E-state index contributed by atoms with van der Waals surface area (Å²) in [5, 5.41) is 23.1. The van der Waals surface area contributed by atoms with Gasteiger partial charge in [-0.25, -0.2) is 4.98 Å². The monoisotopic (exact) mass is 347 g/mol. The molecular weight excluding hydrogens is 326 g/mol.